The number of nitrogens with zero attached hydrogens (tertiary/aromatic N) is 1. The molecule has 0 heterocycles. The first-order valence-electron chi connectivity index (χ1n) is 5.99. The van der Waals surface area contributed by atoms with Crippen molar-refractivity contribution in [3.63, 3.8) is 0 Å². The van der Waals surface area contributed by atoms with Crippen LogP contribution in [0.15, 0.2) is 23.1 Å². The Hall–Kier alpha value is -0.820. The second-order valence-electron chi connectivity index (χ2n) is 4.63. The molecule has 1 aromatic rings. The van der Waals surface area contributed by atoms with Gasteiger partial charge in [-0.15, -0.1) is 0 Å². The molecule has 0 fully saturated rings. The zero-order valence-corrected chi connectivity index (χ0v) is 12.9. The molecule has 0 amide bonds. The maximum absolute atomic E-state index is 12.1. The summed E-state index contributed by atoms with van der Waals surface area (Å²) in [4.78, 5) is 1.99. The van der Waals surface area contributed by atoms with Gasteiger partial charge in [0.2, 0.25) is 10.0 Å². The average Bonchev–Trinajstić information content (AvgIpc) is 2.27. The highest BCUT2D eigenvalue weighted by molar-refractivity contribution is 7.89. The molecule has 1 rings (SSSR count). The number of sulfonamides is 1. The number of hydrogen-bond acceptors (Lipinski definition) is 4. The summed E-state index contributed by atoms with van der Waals surface area (Å²) in [6.45, 7) is 5.00. The van der Waals surface area contributed by atoms with Gasteiger partial charge in [-0.1, -0.05) is 17.7 Å². The Morgan fingerprint density at radius 1 is 1.42 bits per heavy atom. The molecule has 0 spiro atoms. The van der Waals surface area contributed by atoms with E-state index in [1.807, 2.05) is 25.8 Å². The largest absolute Gasteiger partial charge is 0.398 e. The van der Waals surface area contributed by atoms with Crippen molar-refractivity contribution in [1.82, 2.24) is 9.62 Å². The van der Waals surface area contributed by atoms with Gasteiger partial charge in [0.1, 0.15) is 4.90 Å². The highest BCUT2D eigenvalue weighted by Crippen LogP contribution is 2.26. The number of halogens is 1. The van der Waals surface area contributed by atoms with E-state index in [9.17, 15) is 8.42 Å². The lowest BCUT2D eigenvalue weighted by molar-refractivity contribution is 0.278. The Bertz CT molecular complexity index is 512. The van der Waals surface area contributed by atoms with E-state index in [2.05, 4.69) is 4.72 Å². The van der Waals surface area contributed by atoms with E-state index in [0.29, 0.717) is 19.1 Å². The third-order valence-electron chi connectivity index (χ3n) is 2.90. The van der Waals surface area contributed by atoms with Gasteiger partial charge in [-0.25, -0.2) is 13.1 Å². The SMILES string of the molecule is CC(C)N(C)CCNS(=O)(=O)c1c(N)cccc1Cl. The number of nitrogens with two attached hydrogens (primary N) is 1. The van der Waals surface area contributed by atoms with E-state index in [1.54, 1.807) is 6.07 Å². The van der Waals surface area contributed by atoms with Gasteiger partial charge in [0, 0.05) is 19.1 Å². The minimum Gasteiger partial charge on any atom is -0.398 e. The summed E-state index contributed by atoms with van der Waals surface area (Å²) in [7, 11) is -1.74. The molecule has 0 bridgehead atoms. The summed E-state index contributed by atoms with van der Waals surface area (Å²) in [5.41, 5.74) is 5.82. The Kier molecular flexibility index (Phi) is 5.61. The van der Waals surface area contributed by atoms with Crippen LogP contribution in [0.4, 0.5) is 5.69 Å². The van der Waals surface area contributed by atoms with Gasteiger partial charge in [-0.3, -0.25) is 0 Å². The van der Waals surface area contributed by atoms with Crippen LogP contribution in [0.5, 0.6) is 0 Å². The highest BCUT2D eigenvalue weighted by atomic mass is 35.5. The molecule has 1 aromatic carbocycles. The monoisotopic (exact) mass is 305 g/mol. The van der Waals surface area contributed by atoms with E-state index in [0.717, 1.165) is 0 Å². The Balaban J connectivity index is 2.77. The number of hydrogen-bond donors (Lipinski definition) is 2. The molecule has 0 saturated heterocycles. The molecule has 0 aliphatic heterocycles. The van der Waals surface area contributed by atoms with Gasteiger partial charge in [-0.2, -0.15) is 0 Å². The van der Waals surface area contributed by atoms with E-state index in [-0.39, 0.29) is 15.6 Å². The number of nitrogens with one attached hydrogen (secondary N) is 1. The Morgan fingerprint density at radius 3 is 2.58 bits per heavy atom. The molecule has 0 aliphatic rings. The second-order valence-corrected chi connectivity index (χ2v) is 6.74. The fourth-order valence-corrected chi connectivity index (χ4v) is 3.19. The second kappa shape index (κ2) is 6.56. The average molecular weight is 306 g/mol. The predicted octanol–water partition coefficient (Wildman–Crippen LogP) is 1.54. The zero-order valence-electron chi connectivity index (χ0n) is 11.4. The van der Waals surface area contributed by atoms with Gasteiger partial charge >= 0.3 is 0 Å². The topological polar surface area (TPSA) is 75.4 Å². The van der Waals surface area contributed by atoms with Crippen LogP contribution in [0, 0.1) is 0 Å². The summed E-state index contributed by atoms with van der Waals surface area (Å²) in [5.74, 6) is 0. The minimum absolute atomic E-state index is 0.0520. The molecule has 0 unspecified atom stereocenters. The minimum atomic E-state index is -3.68. The van der Waals surface area contributed by atoms with Gasteiger partial charge in [0.25, 0.3) is 0 Å². The molecule has 3 N–H and O–H groups in total. The molecule has 0 saturated carbocycles. The molecular weight excluding hydrogens is 286 g/mol. The predicted molar refractivity (Wildman–Crippen MR) is 78.8 cm³/mol. The van der Waals surface area contributed by atoms with Crippen molar-refractivity contribution in [2.75, 3.05) is 25.9 Å². The standard InChI is InChI=1S/C12H20ClN3O2S/c1-9(2)16(3)8-7-15-19(17,18)12-10(13)5-4-6-11(12)14/h4-6,9,15H,7-8,14H2,1-3H3. The van der Waals surface area contributed by atoms with Gasteiger partial charge in [0.15, 0.2) is 0 Å². The lowest BCUT2D eigenvalue weighted by Crippen LogP contribution is -2.36. The number of nitrogen functional groups attached to an aromatic ring is 1. The smallest absolute Gasteiger partial charge is 0.244 e. The fraction of sp³-hybridized carbons (Fsp3) is 0.500. The van der Waals surface area contributed by atoms with Crippen LogP contribution >= 0.6 is 11.6 Å². The van der Waals surface area contributed by atoms with Crippen molar-refractivity contribution in [2.24, 2.45) is 0 Å². The van der Waals surface area contributed by atoms with Gasteiger partial charge < -0.3 is 10.6 Å². The third kappa shape index (κ3) is 4.35. The molecule has 0 aliphatic carbocycles. The quantitative estimate of drug-likeness (QED) is 0.782. The summed E-state index contributed by atoms with van der Waals surface area (Å²) in [6.07, 6.45) is 0. The first-order valence-corrected chi connectivity index (χ1v) is 7.85. The zero-order chi connectivity index (χ0) is 14.6. The summed E-state index contributed by atoms with van der Waals surface area (Å²) in [5, 5.41) is 0.129. The van der Waals surface area contributed by atoms with Crippen LogP contribution in [0.1, 0.15) is 13.8 Å². The van der Waals surface area contributed by atoms with Crippen LogP contribution in [-0.4, -0.2) is 39.5 Å². The normalized spacial score (nSPS) is 12.3. The molecular formula is C12H20ClN3O2S. The molecule has 19 heavy (non-hydrogen) atoms. The molecule has 0 radical (unpaired) electrons. The fourth-order valence-electron chi connectivity index (χ4n) is 1.50. The van der Waals surface area contributed by atoms with E-state index < -0.39 is 10.0 Å². The lowest BCUT2D eigenvalue weighted by atomic mass is 10.3. The van der Waals surface area contributed by atoms with Crippen molar-refractivity contribution in [3.8, 4) is 0 Å². The van der Waals surface area contributed by atoms with Crippen LogP contribution < -0.4 is 10.5 Å². The number of anilines is 1. The maximum Gasteiger partial charge on any atom is 0.244 e. The van der Waals surface area contributed by atoms with Crippen molar-refractivity contribution >= 4 is 27.3 Å². The summed E-state index contributed by atoms with van der Waals surface area (Å²) >= 11 is 5.90. The van der Waals surface area contributed by atoms with Crippen LogP contribution in [0.25, 0.3) is 0 Å². The molecule has 7 heteroatoms. The van der Waals surface area contributed by atoms with E-state index in [4.69, 9.17) is 17.3 Å². The van der Waals surface area contributed by atoms with Crippen molar-refractivity contribution < 1.29 is 8.42 Å². The van der Waals surface area contributed by atoms with Crippen LogP contribution in [0.2, 0.25) is 5.02 Å². The van der Waals surface area contributed by atoms with Gasteiger partial charge in [0.05, 0.1) is 10.7 Å². The number of benzene rings is 1. The number of rotatable bonds is 6. The van der Waals surface area contributed by atoms with E-state index in [1.165, 1.54) is 12.1 Å². The Morgan fingerprint density at radius 2 is 2.05 bits per heavy atom. The number of likely N-dealkylation sites (N-methyl/N-ethyl adjacent to an activating group) is 1. The van der Waals surface area contributed by atoms with Crippen molar-refractivity contribution in [2.45, 2.75) is 24.8 Å². The van der Waals surface area contributed by atoms with E-state index >= 15 is 0 Å². The summed E-state index contributed by atoms with van der Waals surface area (Å²) < 4.78 is 26.8. The molecule has 0 aromatic heterocycles. The van der Waals surface area contributed by atoms with Gasteiger partial charge in [-0.05, 0) is 33.0 Å². The third-order valence-corrected chi connectivity index (χ3v) is 4.91. The van der Waals surface area contributed by atoms with Crippen LogP contribution in [0.3, 0.4) is 0 Å². The Labute approximate surface area is 119 Å². The molecule has 0 atom stereocenters. The van der Waals surface area contributed by atoms with Crippen LogP contribution in [-0.2, 0) is 10.0 Å². The molecule has 5 nitrogen and oxygen atoms in total. The first kappa shape index (κ1) is 16.2. The first-order chi connectivity index (χ1) is 8.75. The summed E-state index contributed by atoms with van der Waals surface area (Å²) in [6, 6.07) is 4.99. The van der Waals surface area contributed by atoms with Crippen molar-refractivity contribution in [1.29, 1.82) is 0 Å². The maximum atomic E-state index is 12.1. The lowest BCUT2D eigenvalue weighted by Gasteiger charge is -2.21. The highest BCUT2D eigenvalue weighted by Gasteiger charge is 2.20. The molecule has 108 valence electrons. The van der Waals surface area contributed by atoms with Crippen molar-refractivity contribution in [3.05, 3.63) is 23.2 Å².